The number of hydrogen-bond donors (Lipinski definition) is 0. The molecule has 3 aromatic rings. The number of carbonyl (C=O) groups is 2. The molecule has 2 aliphatic heterocycles. The highest BCUT2D eigenvalue weighted by Crippen LogP contribution is 2.55. The molecule has 3 aliphatic rings. The van der Waals surface area contributed by atoms with Crippen molar-refractivity contribution in [3.05, 3.63) is 42.2 Å². The number of aromatic nitrogens is 2. The van der Waals surface area contributed by atoms with E-state index in [4.69, 9.17) is 9.57 Å². The summed E-state index contributed by atoms with van der Waals surface area (Å²) < 4.78 is 57.5. The van der Waals surface area contributed by atoms with E-state index in [9.17, 15) is 26.8 Å². The summed E-state index contributed by atoms with van der Waals surface area (Å²) in [6.07, 6.45) is 6.97. The number of fused-ring (bicyclic) bond motifs is 4. The number of halogens is 2. The molecule has 222 valence electrons. The van der Waals surface area contributed by atoms with E-state index in [0.29, 0.717) is 28.6 Å². The molecular weight excluding hydrogens is 572 g/mol. The quantitative estimate of drug-likeness (QED) is 0.196. The Balaban J connectivity index is 1.35. The zero-order valence-electron chi connectivity index (χ0n) is 23.0. The topological polar surface area (TPSA) is 122 Å². The highest BCUT2D eigenvalue weighted by molar-refractivity contribution is 7.91. The number of carbonyl (C=O) groups excluding carboxylic acids is 2. The van der Waals surface area contributed by atoms with Gasteiger partial charge in [0.05, 0.1) is 48.8 Å². The second kappa shape index (κ2) is 10.1. The lowest BCUT2D eigenvalue weighted by atomic mass is 9.64. The fourth-order valence-electron chi connectivity index (χ4n) is 6.07. The summed E-state index contributed by atoms with van der Waals surface area (Å²) >= 11 is 0. The van der Waals surface area contributed by atoms with E-state index in [-0.39, 0.29) is 43.6 Å². The Morgan fingerprint density at radius 2 is 1.88 bits per heavy atom. The number of ether oxygens (including phenoxy) is 1. The maximum absolute atomic E-state index is 13.2. The molecule has 1 aromatic carbocycles. The first-order valence-electron chi connectivity index (χ1n) is 13.5. The van der Waals surface area contributed by atoms with Gasteiger partial charge in [-0.15, -0.1) is 0 Å². The van der Waals surface area contributed by atoms with E-state index < -0.39 is 21.4 Å². The van der Waals surface area contributed by atoms with Gasteiger partial charge in [0.25, 0.3) is 15.9 Å². The second-order valence-corrected chi connectivity index (χ2v) is 12.9. The number of anilines is 2. The van der Waals surface area contributed by atoms with Crippen LogP contribution in [0.1, 0.15) is 31.2 Å². The zero-order valence-corrected chi connectivity index (χ0v) is 23.9. The van der Waals surface area contributed by atoms with Gasteiger partial charge in [-0.2, -0.15) is 0 Å². The number of sulfonamides is 1. The first-order valence-corrected chi connectivity index (χ1v) is 15.3. The van der Waals surface area contributed by atoms with Gasteiger partial charge in [0, 0.05) is 36.3 Å². The molecule has 6 rings (SSSR count). The number of nitrogens with zero attached hydrogens (tertiary/aromatic N) is 5. The van der Waals surface area contributed by atoms with Crippen LogP contribution in [0.25, 0.3) is 22.0 Å². The van der Waals surface area contributed by atoms with Crippen LogP contribution in [0.15, 0.2) is 36.7 Å². The molecule has 2 aromatic heterocycles. The number of likely N-dealkylation sites (N-methyl/N-ethyl adjacent to an activating group) is 1. The molecule has 14 heteroatoms. The summed E-state index contributed by atoms with van der Waals surface area (Å²) in [6.45, 7) is -0.194. The molecule has 0 N–H and O–H groups in total. The van der Waals surface area contributed by atoms with Crippen LogP contribution in [0.3, 0.4) is 0 Å². The summed E-state index contributed by atoms with van der Waals surface area (Å²) in [5, 5.41) is 0.824. The first-order chi connectivity index (χ1) is 19.9. The Morgan fingerprint density at radius 3 is 2.52 bits per heavy atom. The minimum atomic E-state index is -4.10. The molecule has 1 aliphatic carbocycles. The van der Waals surface area contributed by atoms with E-state index in [1.807, 2.05) is 18.2 Å². The number of pyridine rings is 2. The average molecular weight is 602 g/mol. The normalized spacial score (nSPS) is 18.9. The largest absolute Gasteiger partial charge is 0.476 e. The summed E-state index contributed by atoms with van der Waals surface area (Å²) in [4.78, 5) is 41.4. The molecule has 0 atom stereocenters. The van der Waals surface area contributed by atoms with Crippen molar-refractivity contribution in [2.24, 2.45) is 0 Å². The molecule has 0 radical (unpaired) electrons. The SMILES string of the molecule is CN1C(=O)C2(CCC2)c2c1cnc1ccc(-c3cnc(OCCCN4CC(F)(F)C4)c(N(OC=O)S(C)(=O)=O)c3)cc21. The van der Waals surface area contributed by atoms with Crippen LogP contribution >= 0.6 is 0 Å². The van der Waals surface area contributed by atoms with Crippen LogP contribution in [0, 0.1) is 0 Å². The van der Waals surface area contributed by atoms with Gasteiger partial charge in [-0.3, -0.25) is 19.5 Å². The van der Waals surface area contributed by atoms with Gasteiger partial charge in [0.2, 0.25) is 11.8 Å². The second-order valence-electron chi connectivity index (χ2n) is 11.1. The number of likely N-dealkylation sites (tertiary alicyclic amines) is 1. The Kier molecular flexibility index (Phi) is 6.80. The van der Waals surface area contributed by atoms with E-state index in [2.05, 4.69) is 9.97 Å². The standard InChI is InChI=1S/C28H29F2N5O6S/c1-33-23-14-31-21-6-5-18(11-20(21)24(23)27(26(33)37)7-3-8-27)19-12-22(35(41-17-36)42(2,38)39)25(32-13-19)40-10-4-9-34-15-28(29,30)16-34/h5-6,11-14,17H,3-4,7-10,15-16H2,1-2H3. The summed E-state index contributed by atoms with van der Waals surface area (Å²) in [7, 11) is -2.35. The van der Waals surface area contributed by atoms with Crippen molar-refractivity contribution in [2.75, 3.05) is 48.9 Å². The average Bonchev–Trinajstić information content (AvgIpc) is 3.15. The Labute approximate surface area is 241 Å². The predicted octanol–water partition coefficient (Wildman–Crippen LogP) is 3.27. The number of hydrogen-bond acceptors (Lipinski definition) is 9. The number of rotatable bonds is 10. The van der Waals surface area contributed by atoms with Crippen molar-refractivity contribution in [1.82, 2.24) is 14.9 Å². The highest BCUT2D eigenvalue weighted by Gasteiger charge is 2.54. The van der Waals surface area contributed by atoms with Crippen LogP contribution in [-0.4, -0.2) is 81.1 Å². The lowest BCUT2D eigenvalue weighted by molar-refractivity contribution is -0.131. The molecule has 1 saturated heterocycles. The number of amides is 1. The molecule has 0 unspecified atom stereocenters. The Bertz CT molecular complexity index is 1690. The molecule has 1 saturated carbocycles. The van der Waals surface area contributed by atoms with Crippen molar-refractivity contribution < 1.29 is 36.4 Å². The van der Waals surface area contributed by atoms with Crippen LogP contribution in [0.2, 0.25) is 0 Å². The van der Waals surface area contributed by atoms with Gasteiger partial charge < -0.3 is 14.5 Å². The van der Waals surface area contributed by atoms with Gasteiger partial charge in [-0.25, -0.2) is 22.2 Å². The molecule has 0 bridgehead atoms. The third-order valence-corrected chi connectivity index (χ3v) is 9.06. The molecule has 1 spiro atoms. The maximum Gasteiger partial charge on any atom is 0.322 e. The predicted molar refractivity (Wildman–Crippen MR) is 150 cm³/mol. The van der Waals surface area contributed by atoms with E-state index in [1.54, 1.807) is 23.0 Å². The Hall–Kier alpha value is -3.91. The minimum Gasteiger partial charge on any atom is -0.476 e. The van der Waals surface area contributed by atoms with Gasteiger partial charge in [0.15, 0.2) is 5.69 Å². The Morgan fingerprint density at radius 1 is 1.12 bits per heavy atom. The van der Waals surface area contributed by atoms with Gasteiger partial charge in [0.1, 0.15) is 0 Å². The van der Waals surface area contributed by atoms with Crippen LogP contribution in [0.4, 0.5) is 20.2 Å². The van der Waals surface area contributed by atoms with E-state index >= 15 is 0 Å². The first kappa shape index (κ1) is 28.2. The van der Waals surface area contributed by atoms with Gasteiger partial charge in [-0.1, -0.05) is 17.0 Å². The fraction of sp³-hybridized carbons (Fsp3) is 0.429. The van der Waals surface area contributed by atoms with Crippen LogP contribution in [0.5, 0.6) is 5.88 Å². The molecule has 42 heavy (non-hydrogen) atoms. The van der Waals surface area contributed by atoms with Gasteiger partial charge >= 0.3 is 6.47 Å². The van der Waals surface area contributed by atoms with Crippen LogP contribution in [-0.2, 0) is 29.9 Å². The summed E-state index contributed by atoms with van der Waals surface area (Å²) in [5.74, 6) is -2.72. The van der Waals surface area contributed by atoms with Crippen molar-refractivity contribution >= 4 is 44.7 Å². The number of benzene rings is 1. The van der Waals surface area contributed by atoms with Crippen molar-refractivity contribution in [2.45, 2.75) is 37.0 Å². The molecule has 11 nitrogen and oxygen atoms in total. The minimum absolute atomic E-state index is 0.0157. The lowest BCUT2D eigenvalue weighted by Gasteiger charge is -2.38. The molecule has 4 heterocycles. The van der Waals surface area contributed by atoms with Crippen molar-refractivity contribution in [3.8, 4) is 17.0 Å². The third kappa shape index (κ3) is 4.71. The molecule has 2 fully saturated rings. The van der Waals surface area contributed by atoms with E-state index in [0.717, 1.165) is 47.7 Å². The van der Waals surface area contributed by atoms with Crippen molar-refractivity contribution in [3.63, 3.8) is 0 Å². The van der Waals surface area contributed by atoms with Crippen molar-refractivity contribution in [1.29, 1.82) is 0 Å². The third-order valence-electron chi connectivity index (χ3n) is 8.18. The maximum atomic E-state index is 13.2. The fourth-order valence-corrected chi connectivity index (χ4v) is 6.75. The van der Waals surface area contributed by atoms with Gasteiger partial charge in [-0.05, 0) is 43.0 Å². The smallest absolute Gasteiger partial charge is 0.322 e. The number of alkyl halides is 2. The molecule has 1 amide bonds. The van der Waals surface area contributed by atoms with E-state index in [1.165, 1.54) is 12.3 Å². The monoisotopic (exact) mass is 601 g/mol. The zero-order chi connectivity index (χ0) is 29.9. The lowest BCUT2D eigenvalue weighted by Crippen LogP contribution is -2.56. The summed E-state index contributed by atoms with van der Waals surface area (Å²) in [6, 6.07) is 7.03. The highest BCUT2D eigenvalue weighted by atomic mass is 32.2. The van der Waals surface area contributed by atoms with Crippen LogP contribution < -0.4 is 14.1 Å². The summed E-state index contributed by atoms with van der Waals surface area (Å²) in [5.41, 5.74) is 2.93. The molecular formula is C28H29F2N5O6S.